The number of aliphatic hydroxyl groups excluding tert-OH is 1. The Hall–Kier alpha value is -0.520. The first-order valence-electron chi connectivity index (χ1n) is 10.3. The number of nitrogens with zero attached hydrogens (tertiary/aromatic N) is 1. The van der Waals surface area contributed by atoms with Crippen LogP contribution >= 0.6 is 11.6 Å². The summed E-state index contributed by atoms with van der Waals surface area (Å²) in [6.45, 7) is 1.54. The fourth-order valence-electron chi connectivity index (χ4n) is 4.84. The van der Waals surface area contributed by atoms with Crippen LogP contribution in [-0.4, -0.2) is 74.0 Å². The molecule has 2 saturated carbocycles. The largest absolute Gasteiger partial charge is 0.393 e. The number of aliphatic hydroxyl groups is 1. The van der Waals surface area contributed by atoms with Crippen molar-refractivity contribution in [1.82, 2.24) is 20.5 Å². The first-order valence-corrected chi connectivity index (χ1v) is 12.4. The standard InChI is InChI=1S/C18H32ClFN4O4S/c1-24-8-16(21-10-24)12-6-14(17(20)15(19)7-12)18(26)22-23-29(27,28)9-11-3-2-4-13(25)5-11/h11-17,21,23,25H,2-10H2,1H3,(H,22,26)/t11-,12?,13-,14?,15?,16?,17?/m0/s1. The zero-order chi connectivity index (χ0) is 21.2. The van der Waals surface area contributed by atoms with Crippen LogP contribution in [0.4, 0.5) is 4.39 Å². The second kappa shape index (κ2) is 9.74. The van der Waals surface area contributed by atoms with Crippen molar-refractivity contribution in [3.05, 3.63) is 0 Å². The molecule has 29 heavy (non-hydrogen) atoms. The first-order chi connectivity index (χ1) is 13.6. The van der Waals surface area contributed by atoms with Crippen LogP contribution in [0.25, 0.3) is 0 Å². The molecule has 0 radical (unpaired) electrons. The van der Waals surface area contributed by atoms with E-state index in [-0.39, 0.29) is 23.6 Å². The van der Waals surface area contributed by atoms with Gasteiger partial charge in [0.25, 0.3) is 0 Å². The Kier molecular flexibility index (Phi) is 7.77. The Bertz CT molecular complexity index is 685. The molecule has 3 fully saturated rings. The van der Waals surface area contributed by atoms with Crippen LogP contribution in [0, 0.1) is 17.8 Å². The van der Waals surface area contributed by atoms with E-state index in [1.807, 2.05) is 7.05 Å². The van der Waals surface area contributed by atoms with Crippen molar-refractivity contribution in [2.45, 2.75) is 62.2 Å². The van der Waals surface area contributed by atoms with Gasteiger partial charge in [0, 0.05) is 19.3 Å². The van der Waals surface area contributed by atoms with Crippen molar-refractivity contribution in [2.24, 2.45) is 17.8 Å². The SMILES string of the molecule is CN1CNC(C2CC(Cl)C(F)C(C(=O)NNS(=O)(=O)C[C@H]3CCC[C@H](O)C3)C2)C1. The number of halogens is 2. The lowest BCUT2D eigenvalue weighted by Crippen LogP contribution is -2.52. The minimum Gasteiger partial charge on any atom is -0.393 e. The van der Waals surface area contributed by atoms with E-state index in [2.05, 4.69) is 20.5 Å². The lowest BCUT2D eigenvalue weighted by Gasteiger charge is -2.37. The van der Waals surface area contributed by atoms with Crippen molar-refractivity contribution in [3.63, 3.8) is 0 Å². The van der Waals surface area contributed by atoms with Crippen LogP contribution in [0.2, 0.25) is 0 Å². The molecule has 8 nitrogen and oxygen atoms in total. The van der Waals surface area contributed by atoms with Gasteiger partial charge in [0.05, 0.1) is 23.2 Å². The molecule has 0 spiro atoms. The van der Waals surface area contributed by atoms with Gasteiger partial charge in [-0.15, -0.1) is 16.4 Å². The third kappa shape index (κ3) is 6.24. The summed E-state index contributed by atoms with van der Waals surface area (Å²) in [5.41, 5.74) is 2.20. The zero-order valence-electron chi connectivity index (χ0n) is 16.7. The molecule has 1 amide bonds. The highest BCUT2D eigenvalue weighted by molar-refractivity contribution is 7.89. The van der Waals surface area contributed by atoms with E-state index in [4.69, 9.17) is 11.6 Å². The van der Waals surface area contributed by atoms with E-state index in [0.29, 0.717) is 25.7 Å². The number of alkyl halides is 2. The molecule has 1 heterocycles. The molecule has 1 saturated heterocycles. The summed E-state index contributed by atoms with van der Waals surface area (Å²) in [4.78, 5) is 16.8. The second-order valence-electron chi connectivity index (χ2n) is 8.86. The second-order valence-corrected chi connectivity index (χ2v) is 11.2. The van der Waals surface area contributed by atoms with E-state index in [1.54, 1.807) is 0 Å². The lowest BCUT2D eigenvalue weighted by atomic mass is 9.76. The Labute approximate surface area is 176 Å². The molecule has 168 valence electrons. The number of hydrogen-bond acceptors (Lipinski definition) is 6. The van der Waals surface area contributed by atoms with Gasteiger partial charge in [-0.1, -0.05) is 6.42 Å². The Morgan fingerprint density at radius 2 is 2.07 bits per heavy atom. The number of likely N-dealkylation sites (N-methyl/N-ethyl adjacent to an activating group) is 1. The van der Waals surface area contributed by atoms with Crippen LogP contribution in [-0.2, 0) is 14.8 Å². The lowest BCUT2D eigenvalue weighted by molar-refractivity contribution is -0.129. The molecule has 0 bridgehead atoms. The van der Waals surface area contributed by atoms with Gasteiger partial charge in [-0.05, 0) is 51.0 Å². The zero-order valence-corrected chi connectivity index (χ0v) is 18.3. The topological polar surface area (TPSA) is 111 Å². The number of nitrogens with one attached hydrogen (secondary N) is 3. The van der Waals surface area contributed by atoms with Gasteiger partial charge >= 0.3 is 0 Å². The first kappa shape index (κ1) is 23.1. The molecule has 0 aromatic carbocycles. The molecule has 7 atom stereocenters. The number of carbonyl (C=O) groups is 1. The van der Waals surface area contributed by atoms with Crippen LogP contribution in [0.3, 0.4) is 0 Å². The fraction of sp³-hybridized carbons (Fsp3) is 0.944. The van der Waals surface area contributed by atoms with E-state index in [9.17, 15) is 22.7 Å². The highest BCUT2D eigenvalue weighted by Gasteiger charge is 2.44. The van der Waals surface area contributed by atoms with Crippen LogP contribution in [0.1, 0.15) is 38.5 Å². The number of hydrazine groups is 1. The monoisotopic (exact) mass is 454 g/mol. The van der Waals surface area contributed by atoms with Crippen LogP contribution in [0.5, 0.6) is 0 Å². The molecule has 5 unspecified atom stereocenters. The number of carbonyl (C=O) groups excluding carboxylic acids is 1. The summed E-state index contributed by atoms with van der Waals surface area (Å²) in [5.74, 6) is -1.97. The minimum atomic E-state index is -3.77. The summed E-state index contributed by atoms with van der Waals surface area (Å²) in [6, 6.07) is 0.137. The summed E-state index contributed by atoms with van der Waals surface area (Å²) in [6.07, 6.45) is 1.42. The highest BCUT2D eigenvalue weighted by Crippen LogP contribution is 2.37. The van der Waals surface area contributed by atoms with Gasteiger partial charge in [0.1, 0.15) is 6.17 Å². The van der Waals surface area contributed by atoms with Crippen molar-refractivity contribution < 1.29 is 22.7 Å². The van der Waals surface area contributed by atoms with Gasteiger partial charge in [0.15, 0.2) is 0 Å². The van der Waals surface area contributed by atoms with Gasteiger partial charge < -0.3 is 5.11 Å². The van der Waals surface area contributed by atoms with Crippen molar-refractivity contribution in [2.75, 3.05) is 26.0 Å². The molecule has 0 aromatic heterocycles. The summed E-state index contributed by atoms with van der Waals surface area (Å²) in [7, 11) is -1.79. The molecule has 0 aromatic rings. The van der Waals surface area contributed by atoms with E-state index >= 15 is 0 Å². The minimum absolute atomic E-state index is 0.0468. The number of rotatable bonds is 6. The normalized spacial score (nSPS) is 39.4. The summed E-state index contributed by atoms with van der Waals surface area (Å²) in [5, 5.41) is 12.3. The van der Waals surface area contributed by atoms with Gasteiger partial charge in [-0.2, -0.15) is 0 Å². The molecule has 11 heteroatoms. The summed E-state index contributed by atoms with van der Waals surface area (Å²) >= 11 is 6.19. The summed E-state index contributed by atoms with van der Waals surface area (Å²) < 4.78 is 39.2. The Morgan fingerprint density at radius 3 is 2.72 bits per heavy atom. The maximum atomic E-state index is 14.6. The average molecular weight is 455 g/mol. The smallest absolute Gasteiger partial charge is 0.241 e. The van der Waals surface area contributed by atoms with E-state index < -0.39 is 39.5 Å². The molecule has 4 N–H and O–H groups in total. The maximum Gasteiger partial charge on any atom is 0.241 e. The fourth-order valence-corrected chi connectivity index (χ4v) is 6.51. The molecule has 3 aliphatic rings. The van der Waals surface area contributed by atoms with E-state index in [1.165, 1.54) is 0 Å². The predicted octanol–water partition coefficient (Wildman–Crippen LogP) is 0.321. The maximum absolute atomic E-state index is 14.6. The number of hydrogen-bond donors (Lipinski definition) is 4. The third-order valence-corrected chi connectivity index (χ3v) is 8.13. The molecule has 3 rings (SSSR count). The van der Waals surface area contributed by atoms with Crippen molar-refractivity contribution in [1.29, 1.82) is 0 Å². The number of sulfonamides is 1. The Balaban J connectivity index is 1.54. The van der Waals surface area contributed by atoms with Crippen molar-refractivity contribution in [3.8, 4) is 0 Å². The Morgan fingerprint density at radius 1 is 1.31 bits per heavy atom. The molecule has 1 aliphatic heterocycles. The molecule has 2 aliphatic carbocycles. The van der Waals surface area contributed by atoms with Gasteiger partial charge in [-0.25, -0.2) is 12.8 Å². The number of amides is 1. The highest BCUT2D eigenvalue weighted by atomic mass is 35.5. The van der Waals surface area contributed by atoms with Crippen LogP contribution < -0.4 is 15.6 Å². The van der Waals surface area contributed by atoms with E-state index in [0.717, 1.165) is 26.1 Å². The van der Waals surface area contributed by atoms with Crippen molar-refractivity contribution >= 4 is 27.5 Å². The quantitative estimate of drug-likeness (QED) is 0.340. The average Bonchev–Trinajstić information content (AvgIpc) is 3.08. The van der Waals surface area contributed by atoms with Crippen LogP contribution in [0.15, 0.2) is 0 Å². The predicted molar refractivity (Wildman–Crippen MR) is 108 cm³/mol. The molecular weight excluding hydrogens is 423 g/mol. The third-order valence-electron chi connectivity index (χ3n) is 6.39. The van der Waals surface area contributed by atoms with Gasteiger partial charge in [-0.3, -0.25) is 20.4 Å². The van der Waals surface area contributed by atoms with Gasteiger partial charge in [0.2, 0.25) is 15.9 Å². The molecular formula is C18H32ClFN4O4S.